The summed E-state index contributed by atoms with van der Waals surface area (Å²) in [5, 5.41) is 0. The summed E-state index contributed by atoms with van der Waals surface area (Å²) >= 11 is 0. The van der Waals surface area contributed by atoms with E-state index >= 15 is 0 Å². The van der Waals surface area contributed by atoms with Gasteiger partial charge in [-0.1, -0.05) is 39.0 Å². The topological polar surface area (TPSA) is 26.0 Å². The van der Waals surface area contributed by atoms with Crippen molar-refractivity contribution in [1.82, 2.24) is 0 Å². The van der Waals surface area contributed by atoms with Gasteiger partial charge in [0.2, 0.25) is 0 Å². The Morgan fingerprint density at radius 3 is 2.11 bits per heavy atom. The van der Waals surface area contributed by atoms with Crippen LogP contribution in [0.25, 0.3) is 0 Å². The Morgan fingerprint density at radius 1 is 1.06 bits per heavy atom. The molecule has 1 nitrogen and oxygen atoms in total. The SMILES string of the molecule is CCCCCCCC1(N)CCC(C(F)(F)F)CC1. The first kappa shape index (κ1) is 15.8. The van der Waals surface area contributed by atoms with Crippen LogP contribution in [0, 0.1) is 5.92 Å². The lowest BCUT2D eigenvalue weighted by atomic mass is 9.74. The van der Waals surface area contributed by atoms with E-state index < -0.39 is 12.1 Å². The number of nitrogens with two attached hydrogens (primary N) is 1. The van der Waals surface area contributed by atoms with Crippen LogP contribution < -0.4 is 5.73 Å². The van der Waals surface area contributed by atoms with Crippen molar-refractivity contribution >= 4 is 0 Å². The largest absolute Gasteiger partial charge is 0.391 e. The van der Waals surface area contributed by atoms with Gasteiger partial charge in [0, 0.05) is 5.54 Å². The summed E-state index contributed by atoms with van der Waals surface area (Å²) in [5.41, 5.74) is 5.89. The molecule has 0 aromatic heterocycles. The first-order valence-corrected chi connectivity index (χ1v) is 7.23. The van der Waals surface area contributed by atoms with Crippen molar-refractivity contribution in [1.29, 1.82) is 0 Å². The Balaban J connectivity index is 2.23. The van der Waals surface area contributed by atoms with Gasteiger partial charge in [-0.2, -0.15) is 13.2 Å². The fourth-order valence-corrected chi connectivity index (χ4v) is 2.85. The maximum Gasteiger partial charge on any atom is 0.391 e. The van der Waals surface area contributed by atoms with E-state index in [2.05, 4.69) is 6.92 Å². The monoisotopic (exact) mass is 265 g/mol. The van der Waals surface area contributed by atoms with Crippen molar-refractivity contribution in [3.63, 3.8) is 0 Å². The maximum atomic E-state index is 12.5. The van der Waals surface area contributed by atoms with E-state index in [9.17, 15) is 13.2 Å². The number of unbranched alkanes of at least 4 members (excludes halogenated alkanes) is 4. The Kier molecular flexibility index (Phi) is 5.96. The van der Waals surface area contributed by atoms with Crippen LogP contribution in [-0.2, 0) is 0 Å². The van der Waals surface area contributed by atoms with Gasteiger partial charge in [0.25, 0.3) is 0 Å². The molecule has 1 aliphatic carbocycles. The molecule has 1 fully saturated rings. The molecule has 0 atom stereocenters. The van der Waals surface area contributed by atoms with Crippen LogP contribution in [0.2, 0.25) is 0 Å². The second kappa shape index (κ2) is 6.78. The quantitative estimate of drug-likeness (QED) is 0.686. The van der Waals surface area contributed by atoms with Gasteiger partial charge in [-0.15, -0.1) is 0 Å². The summed E-state index contributed by atoms with van der Waals surface area (Å²) in [7, 11) is 0. The highest BCUT2D eigenvalue weighted by molar-refractivity contribution is 4.91. The van der Waals surface area contributed by atoms with Gasteiger partial charge in [0.1, 0.15) is 0 Å². The Labute approximate surface area is 108 Å². The normalized spacial score (nSPS) is 29.5. The minimum atomic E-state index is -4.03. The third-order valence-corrected chi connectivity index (χ3v) is 4.22. The van der Waals surface area contributed by atoms with Crippen LogP contribution in [-0.4, -0.2) is 11.7 Å². The zero-order valence-electron chi connectivity index (χ0n) is 11.4. The zero-order chi connectivity index (χ0) is 13.6. The third-order valence-electron chi connectivity index (χ3n) is 4.22. The van der Waals surface area contributed by atoms with Crippen LogP contribution >= 0.6 is 0 Å². The van der Waals surface area contributed by atoms with Crippen LogP contribution in [0.3, 0.4) is 0 Å². The molecule has 0 amide bonds. The average Bonchev–Trinajstić information content (AvgIpc) is 2.28. The van der Waals surface area contributed by atoms with Crippen molar-refractivity contribution in [2.75, 3.05) is 0 Å². The van der Waals surface area contributed by atoms with Crippen LogP contribution in [0.5, 0.6) is 0 Å². The molecule has 0 radical (unpaired) electrons. The summed E-state index contributed by atoms with van der Waals surface area (Å²) in [5.74, 6) is -1.12. The van der Waals surface area contributed by atoms with E-state index in [0.29, 0.717) is 12.8 Å². The minimum Gasteiger partial charge on any atom is -0.325 e. The summed E-state index contributed by atoms with van der Waals surface area (Å²) < 4.78 is 37.6. The molecule has 0 unspecified atom stereocenters. The smallest absolute Gasteiger partial charge is 0.325 e. The molecule has 0 aliphatic heterocycles. The van der Waals surface area contributed by atoms with Crippen molar-refractivity contribution < 1.29 is 13.2 Å². The van der Waals surface area contributed by atoms with Crippen molar-refractivity contribution in [2.24, 2.45) is 11.7 Å². The highest BCUT2D eigenvalue weighted by atomic mass is 19.4. The Bertz CT molecular complexity index is 230. The highest BCUT2D eigenvalue weighted by Crippen LogP contribution is 2.41. The summed E-state index contributed by atoms with van der Waals surface area (Å²) in [6.07, 6.45) is 4.26. The van der Waals surface area contributed by atoms with Gasteiger partial charge in [-0.3, -0.25) is 0 Å². The molecular weight excluding hydrogens is 239 g/mol. The number of alkyl halides is 3. The summed E-state index contributed by atoms with van der Waals surface area (Å²) in [4.78, 5) is 0. The lowest BCUT2D eigenvalue weighted by molar-refractivity contribution is -0.184. The predicted molar refractivity (Wildman–Crippen MR) is 68.3 cm³/mol. The molecule has 0 aromatic rings. The average molecular weight is 265 g/mol. The van der Waals surface area contributed by atoms with Gasteiger partial charge in [0.15, 0.2) is 0 Å². The fourth-order valence-electron chi connectivity index (χ4n) is 2.85. The molecule has 0 bridgehead atoms. The standard InChI is InChI=1S/C14H26F3N/c1-2-3-4-5-6-9-13(18)10-7-12(8-11-13)14(15,16)17/h12H,2-11,18H2,1H3. The molecule has 2 N–H and O–H groups in total. The molecule has 0 spiro atoms. The van der Waals surface area contributed by atoms with E-state index in [1.807, 2.05) is 0 Å². The third kappa shape index (κ3) is 5.17. The van der Waals surface area contributed by atoms with Gasteiger partial charge >= 0.3 is 6.18 Å². The van der Waals surface area contributed by atoms with Gasteiger partial charge < -0.3 is 5.73 Å². The Morgan fingerprint density at radius 2 is 1.61 bits per heavy atom. The molecular formula is C14H26F3N. The molecule has 1 aliphatic rings. The lowest BCUT2D eigenvalue weighted by Crippen LogP contribution is -2.45. The van der Waals surface area contributed by atoms with E-state index in [1.54, 1.807) is 0 Å². The summed E-state index contributed by atoms with van der Waals surface area (Å²) in [6, 6.07) is 0. The molecule has 18 heavy (non-hydrogen) atoms. The number of hydrogen-bond donors (Lipinski definition) is 1. The van der Waals surface area contributed by atoms with Crippen LogP contribution in [0.1, 0.15) is 71.1 Å². The molecule has 0 saturated heterocycles. The highest BCUT2D eigenvalue weighted by Gasteiger charge is 2.44. The van der Waals surface area contributed by atoms with Crippen LogP contribution in [0.15, 0.2) is 0 Å². The van der Waals surface area contributed by atoms with Crippen molar-refractivity contribution in [3.05, 3.63) is 0 Å². The molecule has 0 heterocycles. The molecule has 4 heteroatoms. The van der Waals surface area contributed by atoms with Gasteiger partial charge in [-0.05, 0) is 32.1 Å². The number of rotatable bonds is 6. The molecule has 0 aromatic carbocycles. The molecule has 1 rings (SSSR count). The van der Waals surface area contributed by atoms with Crippen molar-refractivity contribution in [2.45, 2.75) is 82.8 Å². The minimum absolute atomic E-state index is 0.217. The van der Waals surface area contributed by atoms with E-state index in [0.717, 1.165) is 19.3 Å². The predicted octanol–water partition coefficient (Wildman–Crippen LogP) is 4.80. The second-order valence-corrected chi connectivity index (χ2v) is 5.84. The van der Waals surface area contributed by atoms with Crippen molar-refractivity contribution in [3.8, 4) is 0 Å². The zero-order valence-corrected chi connectivity index (χ0v) is 11.4. The number of halogens is 3. The second-order valence-electron chi connectivity index (χ2n) is 5.84. The Hall–Kier alpha value is -0.250. The van der Waals surface area contributed by atoms with E-state index in [1.165, 1.54) is 19.3 Å². The molecule has 108 valence electrons. The van der Waals surface area contributed by atoms with Crippen LogP contribution in [0.4, 0.5) is 13.2 Å². The molecule has 1 saturated carbocycles. The number of hydrogen-bond acceptors (Lipinski definition) is 1. The first-order valence-electron chi connectivity index (χ1n) is 7.23. The first-order chi connectivity index (χ1) is 8.37. The van der Waals surface area contributed by atoms with Gasteiger partial charge in [-0.25, -0.2) is 0 Å². The fraction of sp³-hybridized carbons (Fsp3) is 1.00. The maximum absolute atomic E-state index is 12.5. The summed E-state index contributed by atoms with van der Waals surface area (Å²) in [6.45, 7) is 2.17. The van der Waals surface area contributed by atoms with E-state index in [-0.39, 0.29) is 18.4 Å². The van der Waals surface area contributed by atoms with E-state index in [4.69, 9.17) is 5.73 Å². The lowest BCUT2D eigenvalue weighted by Gasteiger charge is -2.38. The van der Waals surface area contributed by atoms with Gasteiger partial charge in [0.05, 0.1) is 5.92 Å².